The summed E-state index contributed by atoms with van der Waals surface area (Å²) < 4.78 is 5.42. The molecule has 7 heteroatoms. The van der Waals surface area contributed by atoms with E-state index in [2.05, 4.69) is 15.3 Å². The second kappa shape index (κ2) is 6.59. The number of furan rings is 1. The summed E-state index contributed by atoms with van der Waals surface area (Å²) in [4.78, 5) is 22.1. The van der Waals surface area contributed by atoms with Gasteiger partial charge in [0.15, 0.2) is 0 Å². The number of aromatic amines is 1. The van der Waals surface area contributed by atoms with E-state index in [0.717, 1.165) is 21.0 Å². The Morgan fingerprint density at radius 2 is 2.08 bits per heavy atom. The lowest BCUT2D eigenvalue weighted by Gasteiger charge is -2.17. The second-order valence-corrected chi connectivity index (χ2v) is 7.69. The van der Waals surface area contributed by atoms with Crippen molar-refractivity contribution >= 4 is 32.9 Å². The maximum atomic E-state index is 12.7. The first-order chi connectivity index (χ1) is 12.1. The number of nitrogens with zero attached hydrogens (tertiary/aromatic N) is 1. The standard InChI is InChI=1S/C18H17N3O2S2/c1-10(13-5-3-7-23-13)19-11(2)16-20-17(22)15-12(9-25-18(15)21-16)14-6-4-8-24-14/h3-11,19H,1-2H3,(H,20,21,22)/t10-,11-/m1/s1. The van der Waals surface area contributed by atoms with Gasteiger partial charge in [-0.1, -0.05) is 6.07 Å². The zero-order chi connectivity index (χ0) is 17.4. The van der Waals surface area contributed by atoms with Crippen LogP contribution in [0.5, 0.6) is 0 Å². The molecule has 4 aromatic rings. The summed E-state index contributed by atoms with van der Waals surface area (Å²) in [5.41, 5.74) is 0.865. The average Bonchev–Trinajstić information content (AvgIpc) is 3.34. The summed E-state index contributed by atoms with van der Waals surface area (Å²) in [6.07, 6.45) is 1.65. The van der Waals surface area contributed by atoms with Gasteiger partial charge in [0.1, 0.15) is 16.4 Å². The molecule has 0 aliphatic rings. The van der Waals surface area contributed by atoms with Crippen LogP contribution in [0.15, 0.2) is 50.5 Å². The van der Waals surface area contributed by atoms with Crippen molar-refractivity contribution in [3.8, 4) is 10.4 Å². The number of rotatable bonds is 5. The fourth-order valence-electron chi connectivity index (χ4n) is 2.86. The van der Waals surface area contributed by atoms with Crippen LogP contribution in [0.25, 0.3) is 20.7 Å². The summed E-state index contributed by atoms with van der Waals surface area (Å²) >= 11 is 3.13. The first-order valence-electron chi connectivity index (χ1n) is 7.98. The maximum absolute atomic E-state index is 12.7. The van der Waals surface area contributed by atoms with Gasteiger partial charge in [0.25, 0.3) is 5.56 Å². The normalized spacial score (nSPS) is 14.0. The molecule has 0 saturated carbocycles. The summed E-state index contributed by atoms with van der Waals surface area (Å²) in [7, 11) is 0. The molecule has 0 aliphatic heterocycles. The smallest absolute Gasteiger partial charge is 0.260 e. The average molecular weight is 371 g/mol. The molecule has 0 fully saturated rings. The molecule has 0 amide bonds. The van der Waals surface area contributed by atoms with Crippen LogP contribution in [0.3, 0.4) is 0 Å². The Kier molecular flexibility index (Phi) is 4.29. The van der Waals surface area contributed by atoms with Crippen molar-refractivity contribution in [1.82, 2.24) is 15.3 Å². The van der Waals surface area contributed by atoms with Gasteiger partial charge in [-0.15, -0.1) is 22.7 Å². The van der Waals surface area contributed by atoms with Gasteiger partial charge in [0.05, 0.1) is 23.7 Å². The molecular weight excluding hydrogens is 354 g/mol. The SMILES string of the molecule is C[C@@H](N[C@H](C)c1ccco1)c1nc2scc(-c3cccs3)c2c(=O)[nH]1. The molecule has 4 rings (SSSR count). The Bertz CT molecular complexity index is 1030. The van der Waals surface area contributed by atoms with Gasteiger partial charge in [0, 0.05) is 15.8 Å². The Labute approximate surface area is 152 Å². The Morgan fingerprint density at radius 3 is 2.80 bits per heavy atom. The Morgan fingerprint density at radius 1 is 1.20 bits per heavy atom. The van der Waals surface area contributed by atoms with Gasteiger partial charge in [-0.2, -0.15) is 0 Å². The van der Waals surface area contributed by atoms with E-state index in [1.807, 2.05) is 48.9 Å². The highest BCUT2D eigenvalue weighted by Gasteiger charge is 2.18. The van der Waals surface area contributed by atoms with Crippen molar-refractivity contribution in [2.45, 2.75) is 25.9 Å². The van der Waals surface area contributed by atoms with Gasteiger partial charge < -0.3 is 9.40 Å². The summed E-state index contributed by atoms with van der Waals surface area (Å²) in [5.74, 6) is 1.49. The molecule has 0 aromatic carbocycles. The highest BCUT2D eigenvalue weighted by molar-refractivity contribution is 7.18. The van der Waals surface area contributed by atoms with Crippen LogP contribution in [-0.2, 0) is 0 Å². The molecular formula is C18H17N3O2S2. The summed E-state index contributed by atoms with van der Waals surface area (Å²) in [6, 6.07) is 7.72. The Hall–Kier alpha value is -2.22. The lowest BCUT2D eigenvalue weighted by atomic mass is 10.2. The number of hydrogen-bond donors (Lipinski definition) is 2. The van der Waals surface area contributed by atoms with Gasteiger partial charge in [-0.05, 0) is 37.4 Å². The first-order valence-corrected chi connectivity index (χ1v) is 9.74. The van der Waals surface area contributed by atoms with Crippen LogP contribution in [0.2, 0.25) is 0 Å². The van der Waals surface area contributed by atoms with Crippen molar-refractivity contribution in [3.05, 3.63) is 63.2 Å². The molecule has 2 N–H and O–H groups in total. The van der Waals surface area contributed by atoms with Crippen molar-refractivity contribution in [3.63, 3.8) is 0 Å². The molecule has 2 atom stereocenters. The van der Waals surface area contributed by atoms with Crippen LogP contribution in [0, 0.1) is 0 Å². The molecule has 0 bridgehead atoms. The third kappa shape index (κ3) is 3.06. The number of aromatic nitrogens is 2. The number of hydrogen-bond acceptors (Lipinski definition) is 6. The molecule has 4 aromatic heterocycles. The Balaban J connectivity index is 1.66. The minimum Gasteiger partial charge on any atom is -0.468 e. The third-order valence-corrected chi connectivity index (χ3v) is 5.90. The minimum atomic E-state index is -0.107. The van der Waals surface area contributed by atoms with E-state index in [0.29, 0.717) is 11.2 Å². The number of H-pyrrole nitrogens is 1. The fourth-order valence-corrected chi connectivity index (χ4v) is 4.63. The van der Waals surface area contributed by atoms with Crippen molar-refractivity contribution in [2.24, 2.45) is 0 Å². The van der Waals surface area contributed by atoms with E-state index < -0.39 is 0 Å². The largest absolute Gasteiger partial charge is 0.468 e. The van der Waals surface area contributed by atoms with Crippen molar-refractivity contribution in [2.75, 3.05) is 0 Å². The molecule has 128 valence electrons. The molecule has 0 radical (unpaired) electrons. The molecule has 0 saturated heterocycles. The van der Waals surface area contributed by atoms with E-state index in [1.54, 1.807) is 17.6 Å². The van der Waals surface area contributed by atoms with Gasteiger partial charge in [-0.25, -0.2) is 4.98 Å². The predicted octanol–water partition coefficient (Wildman–Crippen LogP) is 4.72. The van der Waals surface area contributed by atoms with Crippen LogP contribution in [-0.4, -0.2) is 9.97 Å². The van der Waals surface area contributed by atoms with E-state index in [4.69, 9.17) is 4.42 Å². The highest BCUT2D eigenvalue weighted by Crippen LogP contribution is 2.33. The maximum Gasteiger partial charge on any atom is 0.260 e. The molecule has 5 nitrogen and oxygen atoms in total. The van der Waals surface area contributed by atoms with Crippen molar-refractivity contribution < 1.29 is 4.42 Å². The van der Waals surface area contributed by atoms with E-state index in [9.17, 15) is 4.79 Å². The predicted molar refractivity (Wildman–Crippen MR) is 102 cm³/mol. The fraction of sp³-hybridized carbons (Fsp3) is 0.222. The van der Waals surface area contributed by atoms with E-state index in [-0.39, 0.29) is 17.6 Å². The molecule has 25 heavy (non-hydrogen) atoms. The highest BCUT2D eigenvalue weighted by atomic mass is 32.1. The second-order valence-electron chi connectivity index (χ2n) is 5.88. The van der Waals surface area contributed by atoms with Gasteiger partial charge in [-0.3, -0.25) is 10.1 Å². The molecule has 0 aliphatic carbocycles. The van der Waals surface area contributed by atoms with Gasteiger partial charge >= 0.3 is 0 Å². The van der Waals surface area contributed by atoms with Crippen LogP contribution in [0.4, 0.5) is 0 Å². The molecule has 0 spiro atoms. The molecule has 4 heterocycles. The minimum absolute atomic E-state index is 0.0241. The van der Waals surface area contributed by atoms with Gasteiger partial charge in [0.2, 0.25) is 0 Å². The topological polar surface area (TPSA) is 70.9 Å². The molecule has 0 unspecified atom stereocenters. The summed E-state index contributed by atoms with van der Waals surface area (Å²) in [6.45, 7) is 4.00. The zero-order valence-corrected chi connectivity index (χ0v) is 15.4. The van der Waals surface area contributed by atoms with Crippen molar-refractivity contribution in [1.29, 1.82) is 0 Å². The summed E-state index contributed by atoms with van der Waals surface area (Å²) in [5, 5.41) is 8.09. The monoisotopic (exact) mass is 371 g/mol. The first kappa shape index (κ1) is 16.3. The van der Waals surface area contributed by atoms with Crippen LogP contribution >= 0.6 is 22.7 Å². The lowest BCUT2D eigenvalue weighted by Crippen LogP contribution is -2.26. The number of thiophene rings is 2. The number of fused-ring (bicyclic) bond motifs is 1. The number of nitrogens with one attached hydrogen (secondary N) is 2. The van der Waals surface area contributed by atoms with Crippen LogP contribution < -0.4 is 10.9 Å². The lowest BCUT2D eigenvalue weighted by molar-refractivity contribution is 0.396. The van der Waals surface area contributed by atoms with E-state index >= 15 is 0 Å². The zero-order valence-electron chi connectivity index (χ0n) is 13.8. The third-order valence-electron chi connectivity index (χ3n) is 4.13. The van der Waals surface area contributed by atoms with E-state index in [1.165, 1.54) is 11.3 Å². The van der Waals surface area contributed by atoms with Crippen LogP contribution in [0.1, 0.15) is 37.5 Å². The quantitative estimate of drug-likeness (QED) is 0.533.